The number of rotatable bonds is 3. The third kappa shape index (κ3) is 3.61. The zero-order chi connectivity index (χ0) is 13.8. The maximum Gasteiger partial charge on any atom is 0.339 e. The van der Waals surface area contributed by atoms with Gasteiger partial charge in [0.05, 0.1) is 24.5 Å². The van der Waals surface area contributed by atoms with Crippen molar-refractivity contribution in [2.75, 3.05) is 19.0 Å². The minimum absolute atomic E-state index is 0.229. The van der Waals surface area contributed by atoms with E-state index in [1.165, 1.54) is 7.11 Å². The van der Waals surface area contributed by atoms with E-state index in [1.807, 2.05) is 6.92 Å². The van der Waals surface area contributed by atoms with Gasteiger partial charge in [-0.2, -0.15) is 0 Å². The van der Waals surface area contributed by atoms with Crippen LogP contribution in [0.1, 0.15) is 30.1 Å². The molecule has 0 amide bonds. The second-order valence-corrected chi connectivity index (χ2v) is 5.16. The van der Waals surface area contributed by atoms with Gasteiger partial charge >= 0.3 is 5.97 Å². The Kier molecular flexibility index (Phi) is 4.66. The molecule has 1 aromatic carbocycles. The molecule has 5 heteroatoms. The molecule has 19 heavy (non-hydrogen) atoms. The standard InChI is InChI=1S/C14H18ClNO3/c1-9-7-11(5-6-19-9)16-13-8-10(15)3-4-12(13)14(17)18-2/h3-4,8-9,11,16H,5-7H2,1-2H3. The predicted molar refractivity (Wildman–Crippen MR) is 74.9 cm³/mol. The highest BCUT2D eigenvalue weighted by Crippen LogP contribution is 2.25. The second-order valence-electron chi connectivity index (χ2n) is 4.73. The van der Waals surface area contributed by atoms with Crippen LogP contribution in [-0.4, -0.2) is 31.8 Å². The molecule has 1 fully saturated rings. The highest BCUT2D eigenvalue weighted by Gasteiger charge is 2.21. The van der Waals surface area contributed by atoms with Gasteiger partial charge in [0.25, 0.3) is 0 Å². The molecule has 2 atom stereocenters. The minimum Gasteiger partial charge on any atom is -0.465 e. The van der Waals surface area contributed by atoms with E-state index in [9.17, 15) is 4.79 Å². The molecule has 2 unspecified atom stereocenters. The van der Waals surface area contributed by atoms with Crippen LogP contribution in [0.2, 0.25) is 5.02 Å². The summed E-state index contributed by atoms with van der Waals surface area (Å²) >= 11 is 5.99. The second kappa shape index (κ2) is 6.26. The van der Waals surface area contributed by atoms with Crippen LogP contribution in [0.4, 0.5) is 5.69 Å². The summed E-state index contributed by atoms with van der Waals surface area (Å²) in [6.45, 7) is 2.78. The summed E-state index contributed by atoms with van der Waals surface area (Å²) < 4.78 is 10.3. The van der Waals surface area contributed by atoms with E-state index in [1.54, 1.807) is 18.2 Å². The number of esters is 1. The van der Waals surface area contributed by atoms with Gasteiger partial charge in [-0.15, -0.1) is 0 Å². The number of ether oxygens (including phenoxy) is 2. The molecule has 0 aliphatic carbocycles. The first-order chi connectivity index (χ1) is 9.10. The summed E-state index contributed by atoms with van der Waals surface area (Å²) in [5.74, 6) is -0.362. The van der Waals surface area contributed by atoms with Crippen molar-refractivity contribution in [2.24, 2.45) is 0 Å². The van der Waals surface area contributed by atoms with Gasteiger partial charge in [-0.25, -0.2) is 4.79 Å². The molecule has 0 saturated carbocycles. The Bertz CT molecular complexity index is 464. The Morgan fingerprint density at radius 3 is 3.00 bits per heavy atom. The largest absolute Gasteiger partial charge is 0.465 e. The molecular formula is C14H18ClNO3. The summed E-state index contributed by atoms with van der Waals surface area (Å²) in [6.07, 6.45) is 2.05. The van der Waals surface area contributed by atoms with Crippen molar-refractivity contribution >= 4 is 23.3 Å². The number of benzene rings is 1. The highest BCUT2D eigenvalue weighted by molar-refractivity contribution is 6.31. The topological polar surface area (TPSA) is 47.6 Å². The lowest BCUT2D eigenvalue weighted by Gasteiger charge is -2.29. The monoisotopic (exact) mass is 283 g/mol. The van der Waals surface area contributed by atoms with Crippen molar-refractivity contribution < 1.29 is 14.3 Å². The highest BCUT2D eigenvalue weighted by atomic mass is 35.5. The van der Waals surface area contributed by atoms with Gasteiger partial charge in [0.2, 0.25) is 0 Å². The fourth-order valence-electron chi connectivity index (χ4n) is 2.27. The first kappa shape index (κ1) is 14.2. The van der Waals surface area contributed by atoms with Crippen molar-refractivity contribution in [3.63, 3.8) is 0 Å². The van der Waals surface area contributed by atoms with E-state index in [0.717, 1.165) is 25.1 Å². The Morgan fingerprint density at radius 1 is 1.53 bits per heavy atom. The third-order valence-corrected chi connectivity index (χ3v) is 3.47. The Labute approximate surface area is 118 Å². The number of anilines is 1. The summed E-state index contributed by atoms with van der Waals surface area (Å²) in [7, 11) is 1.37. The molecule has 0 radical (unpaired) electrons. The molecule has 4 nitrogen and oxygen atoms in total. The Hall–Kier alpha value is -1.26. The smallest absolute Gasteiger partial charge is 0.339 e. The number of carbonyl (C=O) groups excluding carboxylic acids is 1. The number of hydrogen-bond donors (Lipinski definition) is 1. The average Bonchev–Trinajstić information content (AvgIpc) is 2.38. The lowest BCUT2D eigenvalue weighted by Crippen LogP contribution is -2.33. The molecule has 1 N–H and O–H groups in total. The molecule has 0 aromatic heterocycles. The summed E-state index contributed by atoms with van der Waals surface area (Å²) in [6, 6.07) is 5.41. The van der Waals surface area contributed by atoms with Crippen LogP contribution in [0, 0.1) is 0 Å². The van der Waals surface area contributed by atoms with Crippen LogP contribution in [0.5, 0.6) is 0 Å². The Morgan fingerprint density at radius 2 is 2.32 bits per heavy atom. The van der Waals surface area contributed by atoms with Gasteiger partial charge in [-0.1, -0.05) is 11.6 Å². The normalized spacial score (nSPS) is 22.9. The van der Waals surface area contributed by atoms with Crippen molar-refractivity contribution in [1.29, 1.82) is 0 Å². The lowest BCUT2D eigenvalue weighted by molar-refractivity contribution is 0.0232. The average molecular weight is 284 g/mol. The van der Waals surface area contributed by atoms with Crippen LogP contribution in [0.3, 0.4) is 0 Å². The van der Waals surface area contributed by atoms with E-state index in [4.69, 9.17) is 21.1 Å². The maximum atomic E-state index is 11.7. The van der Waals surface area contributed by atoms with Crippen molar-refractivity contribution in [1.82, 2.24) is 0 Å². The Balaban J connectivity index is 2.18. The molecule has 1 heterocycles. The van der Waals surface area contributed by atoms with Crippen LogP contribution >= 0.6 is 11.6 Å². The van der Waals surface area contributed by atoms with Crippen molar-refractivity contribution in [3.05, 3.63) is 28.8 Å². The van der Waals surface area contributed by atoms with Gasteiger partial charge in [-0.3, -0.25) is 0 Å². The van der Waals surface area contributed by atoms with Crippen LogP contribution in [-0.2, 0) is 9.47 Å². The van der Waals surface area contributed by atoms with Crippen molar-refractivity contribution in [3.8, 4) is 0 Å². The number of methoxy groups -OCH3 is 1. The van der Waals surface area contributed by atoms with Gasteiger partial charge in [0.15, 0.2) is 0 Å². The summed E-state index contributed by atoms with van der Waals surface area (Å²) in [4.78, 5) is 11.7. The molecule has 0 bridgehead atoms. The molecule has 1 aliphatic heterocycles. The van der Waals surface area contributed by atoms with E-state index in [2.05, 4.69) is 5.32 Å². The zero-order valence-electron chi connectivity index (χ0n) is 11.1. The van der Waals surface area contributed by atoms with Crippen LogP contribution < -0.4 is 5.32 Å². The summed E-state index contributed by atoms with van der Waals surface area (Å²) in [5.41, 5.74) is 1.23. The van der Waals surface area contributed by atoms with Gasteiger partial charge in [-0.05, 0) is 38.0 Å². The fraction of sp³-hybridized carbons (Fsp3) is 0.500. The number of nitrogens with one attached hydrogen (secondary N) is 1. The zero-order valence-corrected chi connectivity index (χ0v) is 11.9. The van der Waals surface area contributed by atoms with E-state index in [0.29, 0.717) is 10.6 Å². The van der Waals surface area contributed by atoms with E-state index >= 15 is 0 Å². The minimum atomic E-state index is -0.362. The lowest BCUT2D eigenvalue weighted by atomic mass is 10.0. The maximum absolute atomic E-state index is 11.7. The summed E-state index contributed by atoms with van der Waals surface area (Å²) in [5, 5.41) is 3.96. The van der Waals surface area contributed by atoms with Crippen LogP contribution in [0.25, 0.3) is 0 Å². The molecule has 2 rings (SSSR count). The molecule has 1 aromatic rings. The van der Waals surface area contributed by atoms with Gasteiger partial charge < -0.3 is 14.8 Å². The number of hydrogen-bond acceptors (Lipinski definition) is 4. The SMILES string of the molecule is COC(=O)c1ccc(Cl)cc1NC1CCOC(C)C1. The molecule has 104 valence electrons. The van der Waals surface area contributed by atoms with E-state index in [-0.39, 0.29) is 18.1 Å². The fourth-order valence-corrected chi connectivity index (χ4v) is 2.45. The third-order valence-electron chi connectivity index (χ3n) is 3.23. The van der Waals surface area contributed by atoms with Gasteiger partial charge in [0, 0.05) is 17.7 Å². The van der Waals surface area contributed by atoms with Gasteiger partial charge in [0.1, 0.15) is 0 Å². The quantitative estimate of drug-likeness (QED) is 0.866. The van der Waals surface area contributed by atoms with Crippen molar-refractivity contribution in [2.45, 2.75) is 31.9 Å². The molecule has 1 aliphatic rings. The molecular weight excluding hydrogens is 266 g/mol. The number of halogens is 1. The molecule has 1 saturated heterocycles. The first-order valence-electron chi connectivity index (χ1n) is 6.36. The number of carbonyl (C=O) groups is 1. The molecule has 0 spiro atoms. The first-order valence-corrected chi connectivity index (χ1v) is 6.74. The van der Waals surface area contributed by atoms with Crippen LogP contribution in [0.15, 0.2) is 18.2 Å². The predicted octanol–water partition coefficient (Wildman–Crippen LogP) is 3.11. The van der Waals surface area contributed by atoms with E-state index < -0.39 is 0 Å².